The molecule has 0 saturated carbocycles. The number of fused-ring (bicyclic) bond motifs is 3. The van der Waals surface area contributed by atoms with E-state index in [0.717, 1.165) is 18.1 Å². The van der Waals surface area contributed by atoms with Crippen LogP contribution in [0.25, 0.3) is 0 Å². The van der Waals surface area contributed by atoms with Gasteiger partial charge in [-0.3, -0.25) is 9.78 Å². The predicted octanol–water partition coefficient (Wildman–Crippen LogP) is 1.19. The van der Waals surface area contributed by atoms with Crippen molar-refractivity contribution in [3.63, 3.8) is 0 Å². The quantitative estimate of drug-likeness (QED) is 0.823. The number of carbonyl (C=O) groups excluding carboxylic acids is 1. The Kier molecular flexibility index (Phi) is 4.37. The van der Waals surface area contributed by atoms with Gasteiger partial charge in [0.2, 0.25) is 11.2 Å². The summed E-state index contributed by atoms with van der Waals surface area (Å²) in [7, 11) is 0. The summed E-state index contributed by atoms with van der Waals surface area (Å²) < 4.78 is 5.58. The highest BCUT2D eigenvalue weighted by Gasteiger charge is 2.35. The lowest BCUT2D eigenvalue weighted by atomic mass is 10.1. The molecule has 0 unspecified atom stereocenters. The van der Waals surface area contributed by atoms with E-state index in [9.17, 15) is 4.79 Å². The van der Waals surface area contributed by atoms with Crippen LogP contribution in [-0.4, -0.2) is 59.7 Å². The van der Waals surface area contributed by atoms with Gasteiger partial charge in [-0.2, -0.15) is 4.98 Å². The van der Waals surface area contributed by atoms with Crippen LogP contribution < -0.4 is 15.1 Å². The molecule has 0 spiro atoms. The van der Waals surface area contributed by atoms with Gasteiger partial charge in [-0.05, 0) is 23.7 Å². The molecule has 1 atom stereocenters. The van der Waals surface area contributed by atoms with Crippen LogP contribution in [0.5, 0.6) is 0 Å². The molecule has 1 amide bonds. The molecule has 2 aliphatic heterocycles. The minimum absolute atomic E-state index is 0.114. The molecule has 0 aromatic carbocycles. The van der Waals surface area contributed by atoms with Crippen LogP contribution in [0.15, 0.2) is 30.7 Å². The summed E-state index contributed by atoms with van der Waals surface area (Å²) >= 11 is 5.98. The van der Waals surface area contributed by atoms with E-state index in [2.05, 4.69) is 25.2 Å². The van der Waals surface area contributed by atoms with Crippen molar-refractivity contribution in [2.24, 2.45) is 0 Å². The number of carbonyl (C=O) groups is 1. The molecule has 8 nitrogen and oxygen atoms in total. The summed E-state index contributed by atoms with van der Waals surface area (Å²) in [6, 6.07) is 3.64. The summed E-state index contributed by atoms with van der Waals surface area (Å²) in [6.45, 7) is 2.87. The molecule has 1 fully saturated rings. The lowest BCUT2D eigenvalue weighted by Crippen LogP contribution is -2.56. The summed E-state index contributed by atoms with van der Waals surface area (Å²) in [6.07, 6.45) is 4.95. The first-order valence-electron chi connectivity index (χ1n) is 8.02. The van der Waals surface area contributed by atoms with E-state index < -0.39 is 0 Å². The maximum Gasteiger partial charge on any atom is 0.243 e. The van der Waals surface area contributed by atoms with Crippen molar-refractivity contribution in [3.8, 4) is 0 Å². The van der Waals surface area contributed by atoms with Crippen molar-refractivity contribution in [3.05, 3.63) is 36.0 Å². The number of amides is 1. The number of pyridine rings is 1. The lowest BCUT2D eigenvalue weighted by molar-refractivity contribution is -0.115. The highest BCUT2D eigenvalue weighted by molar-refractivity contribution is 6.28. The van der Waals surface area contributed by atoms with Gasteiger partial charge in [0.05, 0.1) is 37.7 Å². The second-order valence-electron chi connectivity index (χ2n) is 5.93. The van der Waals surface area contributed by atoms with Crippen molar-refractivity contribution in [2.45, 2.75) is 6.04 Å². The van der Waals surface area contributed by atoms with Crippen LogP contribution in [0, 0.1) is 0 Å². The molecule has 2 aromatic rings. The zero-order valence-corrected chi connectivity index (χ0v) is 14.2. The fraction of sp³-hybridized carbons (Fsp3) is 0.375. The third-order valence-corrected chi connectivity index (χ3v) is 4.47. The number of halogens is 1. The number of hydrogen-bond donors (Lipinski definition) is 1. The number of ether oxygens (including phenoxy) is 1. The highest BCUT2D eigenvalue weighted by Crippen LogP contribution is 2.34. The average molecular weight is 361 g/mol. The van der Waals surface area contributed by atoms with Crippen LogP contribution in [0.1, 0.15) is 0 Å². The molecule has 130 valence electrons. The molecule has 2 aromatic heterocycles. The van der Waals surface area contributed by atoms with Crippen LogP contribution in [0.4, 0.5) is 17.2 Å². The SMILES string of the molecule is O=C(CN1C[C@@H]2COCCN2c2nc(Cl)ncc21)Nc1ccncc1. The first-order valence-corrected chi connectivity index (χ1v) is 8.40. The fourth-order valence-corrected chi connectivity index (χ4v) is 3.31. The Morgan fingerprint density at radius 3 is 3.08 bits per heavy atom. The molecule has 4 rings (SSSR count). The van der Waals surface area contributed by atoms with E-state index in [4.69, 9.17) is 16.3 Å². The van der Waals surface area contributed by atoms with E-state index in [-0.39, 0.29) is 23.8 Å². The van der Waals surface area contributed by atoms with Gasteiger partial charge >= 0.3 is 0 Å². The molecule has 1 N–H and O–H groups in total. The van der Waals surface area contributed by atoms with Crippen molar-refractivity contribution in [1.29, 1.82) is 0 Å². The van der Waals surface area contributed by atoms with E-state index in [1.165, 1.54) is 0 Å². The van der Waals surface area contributed by atoms with Crippen LogP contribution >= 0.6 is 11.6 Å². The Morgan fingerprint density at radius 2 is 2.24 bits per heavy atom. The smallest absolute Gasteiger partial charge is 0.243 e. The maximum atomic E-state index is 12.4. The third-order valence-electron chi connectivity index (χ3n) is 4.29. The van der Waals surface area contributed by atoms with Crippen LogP contribution in [0.3, 0.4) is 0 Å². The largest absolute Gasteiger partial charge is 0.377 e. The Bertz CT molecular complexity index is 774. The van der Waals surface area contributed by atoms with E-state index in [0.29, 0.717) is 25.4 Å². The molecular formula is C16H17ClN6O2. The Balaban J connectivity index is 1.56. The number of hydrogen-bond acceptors (Lipinski definition) is 7. The number of nitrogens with zero attached hydrogens (tertiary/aromatic N) is 5. The zero-order valence-electron chi connectivity index (χ0n) is 13.4. The number of anilines is 3. The van der Waals surface area contributed by atoms with Gasteiger partial charge in [0.25, 0.3) is 0 Å². The standard InChI is InChI=1S/C16H17ClN6O2/c17-16-19-7-13-15(21-16)23-5-6-25-10-12(23)8-22(13)9-14(24)20-11-1-3-18-4-2-11/h1-4,7,12H,5-6,8-10H2,(H,18,20,24)/t12-/m1/s1. The van der Waals surface area contributed by atoms with Crippen molar-refractivity contribution in [2.75, 3.05) is 48.0 Å². The van der Waals surface area contributed by atoms with Crippen molar-refractivity contribution in [1.82, 2.24) is 15.0 Å². The third kappa shape index (κ3) is 3.35. The molecular weight excluding hydrogens is 344 g/mol. The van der Waals surface area contributed by atoms with E-state index >= 15 is 0 Å². The first-order chi connectivity index (χ1) is 12.2. The van der Waals surface area contributed by atoms with Gasteiger partial charge in [-0.1, -0.05) is 0 Å². The van der Waals surface area contributed by atoms with Crippen molar-refractivity contribution < 1.29 is 9.53 Å². The van der Waals surface area contributed by atoms with E-state index in [1.54, 1.807) is 30.7 Å². The first kappa shape index (κ1) is 16.0. The summed E-state index contributed by atoms with van der Waals surface area (Å²) in [5.74, 6) is 0.647. The number of nitrogens with one attached hydrogen (secondary N) is 1. The van der Waals surface area contributed by atoms with Crippen LogP contribution in [-0.2, 0) is 9.53 Å². The van der Waals surface area contributed by atoms with Gasteiger partial charge in [-0.15, -0.1) is 0 Å². The number of rotatable bonds is 3. The molecule has 0 radical (unpaired) electrons. The molecule has 0 bridgehead atoms. The molecule has 25 heavy (non-hydrogen) atoms. The Hall–Kier alpha value is -2.45. The monoisotopic (exact) mass is 360 g/mol. The summed E-state index contributed by atoms with van der Waals surface area (Å²) in [5.41, 5.74) is 1.53. The number of morpholine rings is 1. The topological polar surface area (TPSA) is 83.5 Å². The van der Waals surface area contributed by atoms with Gasteiger partial charge in [0.1, 0.15) is 0 Å². The summed E-state index contributed by atoms with van der Waals surface area (Å²) in [5, 5.41) is 3.07. The molecule has 9 heteroatoms. The molecule has 4 heterocycles. The second kappa shape index (κ2) is 6.81. The predicted molar refractivity (Wildman–Crippen MR) is 94.1 cm³/mol. The summed E-state index contributed by atoms with van der Waals surface area (Å²) in [4.78, 5) is 29.0. The molecule has 1 saturated heterocycles. The fourth-order valence-electron chi connectivity index (χ4n) is 3.18. The maximum absolute atomic E-state index is 12.4. The second-order valence-corrected chi connectivity index (χ2v) is 6.27. The molecule has 0 aliphatic carbocycles. The van der Waals surface area contributed by atoms with Gasteiger partial charge in [0, 0.05) is 31.2 Å². The highest BCUT2D eigenvalue weighted by atomic mass is 35.5. The van der Waals surface area contributed by atoms with E-state index in [1.807, 2.05) is 4.90 Å². The zero-order chi connectivity index (χ0) is 17.2. The Labute approximate surface area is 149 Å². The normalized spacial score (nSPS) is 19.2. The minimum atomic E-state index is -0.114. The van der Waals surface area contributed by atoms with Gasteiger partial charge in [0.15, 0.2) is 5.82 Å². The van der Waals surface area contributed by atoms with Gasteiger partial charge in [-0.25, -0.2) is 4.98 Å². The Morgan fingerprint density at radius 1 is 1.40 bits per heavy atom. The molecule has 2 aliphatic rings. The number of aromatic nitrogens is 3. The lowest BCUT2D eigenvalue weighted by Gasteiger charge is -2.45. The van der Waals surface area contributed by atoms with Crippen LogP contribution in [0.2, 0.25) is 5.28 Å². The van der Waals surface area contributed by atoms with Gasteiger partial charge < -0.3 is 19.9 Å². The average Bonchev–Trinajstić information content (AvgIpc) is 2.62. The minimum Gasteiger partial charge on any atom is -0.377 e. The van der Waals surface area contributed by atoms with Crippen molar-refractivity contribution >= 4 is 34.7 Å².